The SMILES string of the molecule is Cc1ccc2c(c1)=CC(CN(C(=O)c1ccccc1F)C1CC1)C(=O)N=2. The van der Waals surface area contributed by atoms with E-state index in [1.54, 1.807) is 17.0 Å². The zero-order valence-electron chi connectivity index (χ0n) is 14.5. The van der Waals surface area contributed by atoms with Crippen molar-refractivity contribution in [2.75, 3.05) is 6.54 Å². The first-order valence-electron chi connectivity index (χ1n) is 8.79. The first-order chi connectivity index (χ1) is 12.5. The highest BCUT2D eigenvalue weighted by Gasteiger charge is 2.36. The molecule has 0 saturated heterocycles. The molecule has 1 unspecified atom stereocenters. The molecule has 4 rings (SSSR count). The van der Waals surface area contributed by atoms with Gasteiger partial charge in [-0.3, -0.25) is 9.59 Å². The molecule has 1 saturated carbocycles. The summed E-state index contributed by atoms with van der Waals surface area (Å²) in [6.07, 6.45) is 3.64. The lowest BCUT2D eigenvalue weighted by molar-refractivity contribution is -0.120. The van der Waals surface area contributed by atoms with E-state index >= 15 is 0 Å². The third-order valence-corrected chi connectivity index (χ3v) is 4.86. The Morgan fingerprint density at radius 3 is 2.73 bits per heavy atom. The number of hydrogen-bond donors (Lipinski definition) is 0. The molecule has 1 fully saturated rings. The van der Waals surface area contributed by atoms with Crippen molar-refractivity contribution in [3.8, 4) is 0 Å². The number of halogens is 1. The molecule has 0 aromatic heterocycles. The van der Waals surface area contributed by atoms with E-state index in [1.807, 2.05) is 31.2 Å². The summed E-state index contributed by atoms with van der Waals surface area (Å²) in [5, 5.41) is 1.57. The molecule has 2 aliphatic rings. The number of nitrogens with zero attached hydrogens (tertiary/aromatic N) is 2. The normalized spacial score (nSPS) is 18.5. The van der Waals surface area contributed by atoms with Crippen molar-refractivity contribution in [2.24, 2.45) is 10.9 Å². The number of carbonyl (C=O) groups is 2. The van der Waals surface area contributed by atoms with Crippen molar-refractivity contribution < 1.29 is 14.0 Å². The van der Waals surface area contributed by atoms with Crippen LogP contribution in [0.15, 0.2) is 47.5 Å². The summed E-state index contributed by atoms with van der Waals surface area (Å²) >= 11 is 0. The van der Waals surface area contributed by atoms with Gasteiger partial charge in [0.2, 0.25) is 0 Å². The van der Waals surface area contributed by atoms with Crippen LogP contribution in [0.5, 0.6) is 0 Å². The van der Waals surface area contributed by atoms with E-state index in [0.717, 1.165) is 23.6 Å². The molecule has 0 spiro atoms. The molecule has 4 nitrogen and oxygen atoms in total. The number of benzene rings is 2. The fraction of sp³-hybridized carbons (Fsp3) is 0.286. The molecule has 0 radical (unpaired) electrons. The summed E-state index contributed by atoms with van der Waals surface area (Å²) in [6, 6.07) is 11.8. The minimum Gasteiger partial charge on any atom is -0.334 e. The zero-order chi connectivity index (χ0) is 18.3. The number of amides is 2. The summed E-state index contributed by atoms with van der Waals surface area (Å²) in [7, 11) is 0. The Balaban J connectivity index is 1.64. The van der Waals surface area contributed by atoms with Gasteiger partial charge in [-0.25, -0.2) is 9.38 Å². The third kappa shape index (κ3) is 3.17. The lowest BCUT2D eigenvalue weighted by atomic mass is 10.0. The molecule has 1 aliphatic carbocycles. The molecule has 0 bridgehead atoms. The van der Waals surface area contributed by atoms with Gasteiger partial charge in [-0.1, -0.05) is 35.9 Å². The Labute approximate surface area is 150 Å². The Kier molecular flexibility index (Phi) is 4.15. The van der Waals surface area contributed by atoms with E-state index in [9.17, 15) is 14.0 Å². The largest absolute Gasteiger partial charge is 0.334 e. The molecule has 26 heavy (non-hydrogen) atoms. The molecule has 2 amide bonds. The number of carbonyl (C=O) groups excluding carboxylic acids is 2. The zero-order valence-corrected chi connectivity index (χ0v) is 14.5. The lowest BCUT2D eigenvalue weighted by Crippen LogP contribution is -2.42. The van der Waals surface area contributed by atoms with Gasteiger partial charge in [0.05, 0.1) is 16.8 Å². The standard InChI is InChI=1S/C21H19FN2O2/c1-13-6-9-19-14(10-13)11-15(20(25)23-19)12-24(16-7-8-16)21(26)17-4-2-3-5-18(17)22/h2-6,9-11,15-16H,7-8,12H2,1H3. The summed E-state index contributed by atoms with van der Waals surface area (Å²) < 4.78 is 14.0. The van der Waals surface area contributed by atoms with Crippen LogP contribution in [-0.2, 0) is 4.79 Å². The van der Waals surface area contributed by atoms with Crippen LogP contribution < -0.4 is 10.6 Å². The minimum atomic E-state index is -0.534. The highest BCUT2D eigenvalue weighted by atomic mass is 19.1. The molecule has 5 heteroatoms. The molecule has 1 aliphatic heterocycles. The Bertz CT molecular complexity index is 1010. The molecule has 2 aromatic rings. The predicted octanol–water partition coefficient (Wildman–Crippen LogP) is 2.00. The van der Waals surface area contributed by atoms with Gasteiger partial charge in [0.25, 0.3) is 11.8 Å². The molecule has 1 atom stereocenters. The molecule has 132 valence electrons. The highest BCUT2D eigenvalue weighted by Crippen LogP contribution is 2.30. The van der Waals surface area contributed by atoms with Gasteiger partial charge in [0.1, 0.15) is 5.82 Å². The monoisotopic (exact) mass is 350 g/mol. The Hall–Kier alpha value is -2.82. The number of rotatable bonds is 4. The summed E-state index contributed by atoms with van der Waals surface area (Å²) in [6.45, 7) is 2.21. The van der Waals surface area contributed by atoms with Crippen molar-refractivity contribution in [3.05, 3.63) is 70.0 Å². The van der Waals surface area contributed by atoms with Crippen LogP contribution in [0.1, 0.15) is 28.8 Å². The summed E-state index contributed by atoms with van der Waals surface area (Å²) in [5.74, 6) is -1.65. The maximum atomic E-state index is 14.0. The van der Waals surface area contributed by atoms with Crippen molar-refractivity contribution in [2.45, 2.75) is 25.8 Å². The van der Waals surface area contributed by atoms with Crippen LogP contribution >= 0.6 is 0 Å². The number of aryl methyl sites for hydroxylation is 1. The maximum absolute atomic E-state index is 14.0. The van der Waals surface area contributed by atoms with Crippen LogP contribution in [-0.4, -0.2) is 29.3 Å². The Morgan fingerprint density at radius 1 is 1.23 bits per heavy atom. The van der Waals surface area contributed by atoms with E-state index in [4.69, 9.17) is 0 Å². The van der Waals surface area contributed by atoms with E-state index in [1.165, 1.54) is 12.1 Å². The van der Waals surface area contributed by atoms with Gasteiger partial charge in [-0.05, 0) is 43.2 Å². The molecule has 2 aromatic carbocycles. The van der Waals surface area contributed by atoms with Gasteiger partial charge < -0.3 is 4.90 Å². The molecule has 0 N–H and O–H groups in total. The predicted molar refractivity (Wildman–Crippen MR) is 95.4 cm³/mol. The lowest BCUT2D eigenvalue weighted by Gasteiger charge is -2.26. The van der Waals surface area contributed by atoms with Crippen LogP contribution in [0.3, 0.4) is 0 Å². The molecule has 1 heterocycles. The van der Waals surface area contributed by atoms with Crippen LogP contribution in [0.2, 0.25) is 0 Å². The van der Waals surface area contributed by atoms with Gasteiger partial charge in [0.15, 0.2) is 0 Å². The quantitative estimate of drug-likeness (QED) is 0.847. The van der Waals surface area contributed by atoms with E-state index in [0.29, 0.717) is 5.36 Å². The first kappa shape index (κ1) is 16.6. The van der Waals surface area contributed by atoms with Crippen LogP contribution in [0.4, 0.5) is 4.39 Å². The molecular weight excluding hydrogens is 331 g/mol. The first-order valence-corrected chi connectivity index (χ1v) is 8.79. The van der Waals surface area contributed by atoms with Crippen molar-refractivity contribution in [3.63, 3.8) is 0 Å². The van der Waals surface area contributed by atoms with E-state index in [2.05, 4.69) is 4.99 Å². The average molecular weight is 350 g/mol. The Morgan fingerprint density at radius 2 is 2.00 bits per heavy atom. The van der Waals surface area contributed by atoms with E-state index < -0.39 is 11.7 Å². The highest BCUT2D eigenvalue weighted by molar-refractivity contribution is 5.95. The van der Waals surface area contributed by atoms with E-state index in [-0.39, 0.29) is 30.0 Å². The van der Waals surface area contributed by atoms with Crippen molar-refractivity contribution in [1.29, 1.82) is 0 Å². The summed E-state index contributed by atoms with van der Waals surface area (Å²) in [4.78, 5) is 31.1. The average Bonchev–Trinajstić information content (AvgIpc) is 3.45. The van der Waals surface area contributed by atoms with Gasteiger partial charge in [0, 0.05) is 12.6 Å². The second-order valence-corrected chi connectivity index (χ2v) is 6.95. The van der Waals surface area contributed by atoms with Crippen LogP contribution in [0, 0.1) is 18.7 Å². The van der Waals surface area contributed by atoms with Crippen molar-refractivity contribution >= 4 is 17.9 Å². The fourth-order valence-corrected chi connectivity index (χ4v) is 3.32. The van der Waals surface area contributed by atoms with Crippen molar-refractivity contribution in [1.82, 2.24) is 4.90 Å². The second-order valence-electron chi connectivity index (χ2n) is 6.95. The summed E-state index contributed by atoms with van der Waals surface area (Å²) in [5.41, 5.74) is 1.14. The van der Waals surface area contributed by atoms with Gasteiger partial charge >= 0.3 is 0 Å². The van der Waals surface area contributed by atoms with Gasteiger partial charge in [-0.15, -0.1) is 0 Å². The van der Waals surface area contributed by atoms with Crippen LogP contribution in [0.25, 0.3) is 6.08 Å². The number of fused-ring (bicyclic) bond motifs is 1. The van der Waals surface area contributed by atoms with Gasteiger partial charge in [-0.2, -0.15) is 0 Å². The fourth-order valence-electron chi connectivity index (χ4n) is 3.32. The molecular formula is C21H19FN2O2. The minimum absolute atomic E-state index is 0.0517. The maximum Gasteiger partial charge on any atom is 0.257 e. The second kappa shape index (κ2) is 6.48. The smallest absolute Gasteiger partial charge is 0.257 e. The third-order valence-electron chi connectivity index (χ3n) is 4.86. The number of hydrogen-bond acceptors (Lipinski definition) is 2. The topological polar surface area (TPSA) is 49.7 Å².